The molecule has 0 aliphatic carbocycles. The molecule has 0 saturated carbocycles. The number of hydrogen-bond donors (Lipinski definition) is 1. The summed E-state index contributed by atoms with van der Waals surface area (Å²) in [4.78, 5) is 4.79. The summed E-state index contributed by atoms with van der Waals surface area (Å²) in [5.41, 5.74) is 7.87. The molecule has 2 rings (SSSR count). The molecular formula is C15H25N3O. The van der Waals surface area contributed by atoms with Gasteiger partial charge in [-0.15, -0.1) is 0 Å². The number of nitrogens with two attached hydrogens (primary N) is 1. The van der Waals surface area contributed by atoms with E-state index >= 15 is 0 Å². The minimum absolute atomic E-state index is 0.143. The first-order chi connectivity index (χ1) is 8.97. The molecule has 106 valence electrons. The Morgan fingerprint density at radius 3 is 2.68 bits per heavy atom. The number of ether oxygens (including phenoxy) is 1. The summed E-state index contributed by atoms with van der Waals surface area (Å²) in [5, 5.41) is 0. The summed E-state index contributed by atoms with van der Waals surface area (Å²) in [5.74, 6) is 0.791. The van der Waals surface area contributed by atoms with Crippen molar-refractivity contribution in [3.8, 4) is 5.75 Å². The third-order valence-electron chi connectivity index (χ3n) is 3.68. The average Bonchev–Trinajstić information content (AvgIpc) is 2.35. The second-order valence-electron chi connectivity index (χ2n) is 5.66. The lowest BCUT2D eigenvalue weighted by molar-refractivity contribution is 0.233. The van der Waals surface area contributed by atoms with Gasteiger partial charge in [0.2, 0.25) is 0 Å². The molecule has 1 aromatic rings. The standard InChI is InChI=1S/C15H25N3O/c1-11(2)19-15-9-13(5-6-14(15)16)18-8-7-17(4)12(3)10-18/h5-6,9,11-12H,7-8,10,16H2,1-4H3. The van der Waals surface area contributed by atoms with E-state index in [0.29, 0.717) is 11.7 Å². The second kappa shape index (κ2) is 5.70. The quantitative estimate of drug-likeness (QED) is 0.849. The van der Waals surface area contributed by atoms with E-state index in [9.17, 15) is 0 Å². The molecule has 1 aliphatic rings. The van der Waals surface area contributed by atoms with Gasteiger partial charge in [-0.2, -0.15) is 0 Å². The predicted octanol–water partition coefficient (Wildman–Crippen LogP) is 2.20. The molecule has 0 amide bonds. The van der Waals surface area contributed by atoms with Gasteiger partial charge in [0.25, 0.3) is 0 Å². The van der Waals surface area contributed by atoms with Crippen molar-refractivity contribution in [2.75, 3.05) is 37.3 Å². The Bertz CT molecular complexity index is 433. The van der Waals surface area contributed by atoms with E-state index in [1.165, 1.54) is 5.69 Å². The molecule has 0 bridgehead atoms. The first kappa shape index (κ1) is 14.0. The van der Waals surface area contributed by atoms with Crippen molar-refractivity contribution in [3.63, 3.8) is 0 Å². The number of likely N-dealkylation sites (N-methyl/N-ethyl adjacent to an activating group) is 1. The van der Waals surface area contributed by atoms with Crippen molar-refractivity contribution >= 4 is 11.4 Å². The van der Waals surface area contributed by atoms with Gasteiger partial charge >= 0.3 is 0 Å². The fourth-order valence-corrected chi connectivity index (χ4v) is 2.36. The predicted molar refractivity (Wildman–Crippen MR) is 80.9 cm³/mol. The lowest BCUT2D eigenvalue weighted by atomic mass is 10.1. The van der Waals surface area contributed by atoms with Crippen LogP contribution in [0.15, 0.2) is 18.2 Å². The lowest BCUT2D eigenvalue weighted by Gasteiger charge is -2.39. The van der Waals surface area contributed by atoms with Crippen molar-refractivity contribution < 1.29 is 4.74 Å². The molecule has 1 aliphatic heterocycles. The van der Waals surface area contributed by atoms with Gasteiger partial charge in [-0.1, -0.05) is 0 Å². The van der Waals surface area contributed by atoms with E-state index in [2.05, 4.69) is 35.9 Å². The van der Waals surface area contributed by atoms with Gasteiger partial charge in [0.05, 0.1) is 11.8 Å². The molecule has 4 heteroatoms. The van der Waals surface area contributed by atoms with Crippen molar-refractivity contribution in [1.29, 1.82) is 0 Å². The molecule has 1 saturated heterocycles. The normalized spacial score (nSPS) is 20.9. The van der Waals surface area contributed by atoms with E-state index in [-0.39, 0.29) is 6.10 Å². The SMILES string of the molecule is CC(C)Oc1cc(N2CCN(C)C(C)C2)ccc1N. The summed E-state index contributed by atoms with van der Waals surface area (Å²) < 4.78 is 5.76. The Labute approximate surface area is 116 Å². The maximum atomic E-state index is 5.96. The van der Waals surface area contributed by atoms with Crippen LogP contribution in [0.5, 0.6) is 5.75 Å². The van der Waals surface area contributed by atoms with Crippen molar-refractivity contribution in [2.24, 2.45) is 0 Å². The molecule has 0 spiro atoms. The van der Waals surface area contributed by atoms with Crippen LogP contribution in [-0.4, -0.2) is 43.7 Å². The van der Waals surface area contributed by atoms with Gasteiger partial charge in [-0.3, -0.25) is 0 Å². The second-order valence-corrected chi connectivity index (χ2v) is 5.66. The fourth-order valence-electron chi connectivity index (χ4n) is 2.36. The summed E-state index contributed by atoms with van der Waals surface area (Å²) in [7, 11) is 2.18. The molecule has 0 aromatic heterocycles. The maximum absolute atomic E-state index is 5.96. The molecule has 1 heterocycles. The van der Waals surface area contributed by atoms with Crippen LogP contribution in [0.2, 0.25) is 0 Å². The van der Waals surface area contributed by atoms with Crippen LogP contribution in [0.1, 0.15) is 20.8 Å². The first-order valence-corrected chi connectivity index (χ1v) is 6.98. The lowest BCUT2D eigenvalue weighted by Crippen LogP contribution is -2.50. The number of hydrogen-bond acceptors (Lipinski definition) is 4. The number of piperazine rings is 1. The van der Waals surface area contributed by atoms with Crippen molar-refractivity contribution in [3.05, 3.63) is 18.2 Å². The molecule has 2 N–H and O–H groups in total. The zero-order valence-corrected chi connectivity index (χ0v) is 12.4. The third kappa shape index (κ3) is 3.32. The summed E-state index contributed by atoms with van der Waals surface area (Å²) in [6.45, 7) is 9.47. The van der Waals surface area contributed by atoms with Gasteiger partial charge < -0.3 is 20.3 Å². The smallest absolute Gasteiger partial charge is 0.144 e. The Balaban J connectivity index is 2.16. The highest BCUT2D eigenvalue weighted by Gasteiger charge is 2.21. The Morgan fingerprint density at radius 1 is 1.32 bits per heavy atom. The monoisotopic (exact) mass is 263 g/mol. The van der Waals surface area contributed by atoms with Gasteiger partial charge in [-0.25, -0.2) is 0 Å². The highest BCUT2D eigenvalue weighted by atomic mass is 16.5. The minimum atomic E-state index is 0.143. The van der Waals surface area contributed by atoms with E-state index in [1.54, 1.807) is 0 Å². The van der Waals surface area contributed by atoms with Gasteiger partial charge in [0.15, 0.2) is 0 Å². The van der Waals surface area contributed by atoms with E-state index in [0.717, 1.165) is 25.4 Å². The number of nitrogens with zero attached hydrogens (tertiary/aromatic N) is 2. The molecule has 1 unspecified atom stereocenters. The molecule has 1 fully saturated rings. The Hall–Kier alpha value is -1.42. The molecular weight excluding hydrogens is 238 g/mol. The molecule has 0 radical (unpaired) electrons. The summed E-state index contributed by atoms with van der Waals surface area (Å²) in [6.07, 6.45) is 0.143. The molecule has 4 nitrogen and oxygen atoms in total. The van der Waals surface area contributed by atoms with Crippen LogP contribution in [0.25, 0.3) is 0 Å². The number of rotatable bonds is 3. The number of nitrogen functional groups attached to an aromatic ring is 1. The molecule has 19 heavy (non-hydrogen) atoms. The Morgan fingerprint density at radius 2 is 2.05 bits per heavy atom. The average molecular weight is 263 g/mol. The van der Waals surface area contributed by atoms with Crippen LogP contribution in [0.3, 0.4) is 0 Å². The number of benzene rings is 1. The van der Waals surface area contributed by atoms with Crippen molar-refractivity contribution in [1.82, 2.24) is 4.90 Å². The van der Waals surface area contributed by atoms with Crippen LogP contribution in [0.4, 0.5) is 11.4 Å². The largest absolute Gasteiger partial charge is 0.489 e. The molecule has 1 atom stereocenters. The fraction of sp³-hybridized carbons (Fsp3) is 0.600. The molecule has 1 aromatic carbocycles. The summed E-state index contributed by atoms with van der Waals surface area (Å²) in [6, 6.07) is 6.66. The Kier molecular flexibility index (Phi) is 4.20. The summed E-state index contributed by atoms with van der Waals surface area (Å²) >= 11 is 0. The van der Waals surface area contributed by atoms with Gasteiger partial charge in [0, 0.05) is 37.4 Å². The van der Waals surface area contributed by atoms with Crippen LogP contribution in [-0.2, 0) is 0 Å². The zero-order chi connectivity index (χ0) is 14.0. The maximum Gasteiger partial charge on any atom is 0.144 e. The minimum Gasteiger partial charge on any atom is -0.489 e. The first-order valence-electron chi connectivity index (χ1n) is 6.98. The topological polar surface area (TPSA) is 41.7 Å². The van der Waals surface area contributed by atoms with E-state index in [4.69, 9.17) is 10.5 Å². The van der Waals surface area contributed by atoms with Crippen LogP contribution < -0.4 is 15.4 Å². The van der Waals surface area contributed by atoms with E-state index < -0.39 is 0 Å². The van der Waals surface area contributed by atoms with Gasteiger partial charge in [-0.05, 0) is 40.0 Å². The highest BCUT2D eigenvalue weighted by molar-refractivity contribution is 5.62. The van der Waals surface area contributed by atoms with E-state index in [1.807, 2.05) is 19.9 Å². The zero-order valence-electron chi connectivity index (χ0n) is 12.4. The third-order valence-corrected chi connectivity index (χ3v) is 3.68. The van der Waals surface area contributed by atoms with Crippen molar-refractivity contribution in [2.45, 2.75) is 32.9 Å². The number of anilines is 2. The van der Waals surface area contributed by atoms with Gasteiger partial charge in [0.1, 0.15) is 5.75 Å². The highest BCUT2D eigenvalue weighted by Crippen LogP contribution is 2.29. The van der Waals surface area contributed by atoms with Crippen LogP contribution in [0, 0.1) is 0 Å². The van der Waals surface area contributed by atoms with Crippen LogP contribution >= 0.6 is 0 Å².